The highest BCUT2D eigenvalue weighted by Crippen LogP contribution is 2.25. The highest BCUT2D eigenvalue weighted by molar-refractivity contribution is 14.0. The summed E-state index contributed by atoms with van der Waals surface area (Å²) in [7, 11) is 0. The van der Waals surface area contributed by atoms with E-state index in [-0.39, 0.29) is 30.1 Å². The van der Waals surface area contributed by atoms with E-state index in [1.807, 2.05) is 6.07 Å². The third-order valence-electron chi connectivity index (χ3n) is 4.19. The van der Waals surface area contributed by atoms with Crippen molar-refractivity contribution in [3.05, 3.63) is 53.3 Å². The van der Waals surface area contributed by atoms with Crippen LogP contribution in [0.4, 0.5) is 0 Å². The molecule has 0 saturated carbocycles. The molecule has 0 aliphatic carbocycles. The Bertz CT molecular complexity index is 674. The van der Waals surface area contributed by atoms with Gasteiger partial charge in [0.05, 0.1) is 25.4 Å². The van der Waals surface area contributed by atoms with Gasteiger partial charge in [-0.1, -0.05) is 24.3 Å². The van der Waals surface area contributed by atoms with Crippen LogP contribution in [-0.4, -0.2) is 47.3 Å². The molecule has 2 aromatic rings. The first-order valence-corrected chi connectivity index (χ1v) is 8.46. The summed E-state index contributed by atoms with van der Waals surface area (Å²) in [5.74, 6) is 0.925. The van der Waals surface area contributed by atoms with Gasteiger partial charge in [-0.2, -0.15) is 5.10 Å². The van der Waals surface area contributed by atoms with Crippen molar-refractivity contribution in [2.75, 3.05) is 26.2 Å². The Hall–Kier alpha value is -1.61. The summed E-state index contributed by atoms with van der Waals surface area (Å²) in [6.45, 7) is 8.01. The maximum Gasteiger partial charge on any atom is 0.194 e. The number of aryl methyl sites for hydroxylation is 1. The first-order chi connectivity index (χ1) is 11.8. The molecular formula is C18H26IN5O. The van der Waals surface area contributed by atoms with Crippen molar-refractivity contribution >= 4 is 29.9 Å². The molecule has 0 amide bonds. The molecule has 7 heteroatoms. The van der Waals surface area contributed by atoms with E-state index in [1.54, 1.807) is 6.20 Å². The largest absolute Gasteiger partial charge is 0.370 e. The predicted octanol–water partition coefficient (Wildman–Crippen LogP) is 2.88. The van der Waals surface area contributed by atoms with Crippen LogP contribution in [0.3, 0.4) is 0 Å². The van der Waals surface area contributed by atoms with E-state index >= 15 is 0 Å². The molecule has 1 saturated heterocycles. The minimum atomic E-state index is 0. The zero-order valence-electron chi connectivity index (χ0n) is 14.7. The van der Waals surface area contributed by atoms with Gasteiger partial charge >= 0.3 is 0 Å². The minimum absolute atomic E-state index is 0. The molecule has 2 heterocycles. The van der Waals surface area contributed by atoms with Gasteiger partial charge < -0.3 is 15.0 Å². The molecule has 136 valence electrons. The summed E-state index contributed by atoms with van der Waals surface area (Å²) in [6.07, 6.45) is 1.83. The van der Waals surface area contributed by atoms with Gasteiger partial charge in [-0.15, -0.1) is 24.0 Å². The molecule has 1 aromatic carbocycles. The molecule has 1 fully saturated rings. The van der Waals surface area contributed by atoms with Crippen molar-refractivity contribution in [3.63, 3.8) is 0 Å². The number of aliphatic imine (C=N–C) groups is 1. The van der Waals surface area contributed by atoms with E-state index in [4.69, 9.17) is 9.73 Å². The predicted molar refractivity (Wildman–Crippen MR) is 110 cm³/mol. The molecule has 2 N–H and O–H groups in total. The third-order valence-corrected chi connectivity index (χ3v) is 4.19. The summed E-state index contributed by atoms with van der Waals surface area (Å²) in [6, 6.07) is 10.4. The fourth-order valence-corrected chi connectivity index (χ4v) is 2.94. The standard InChI is InChI=1S/C18H25N5O.HI/c1-3-19-18(20-12-15-8-9-21-22-15)23-10-11-24-17(13-23)16-7-5-4-6-14(16)2;/h4-9,17H,3,10-13H2,1-2H3,(H,19,20)(H,21,22);1H. The van der Waals surface area contributed by atoms with Crippen molar-refractivity contribution < 1.29 is 4.74 Å². The van der Waals surface area contributed by atoms with Gasteiger partial charge in [-0.25, -0.2) is 4.99 Å². The second-order valence-corrected chi connectivity index (χ2v) is 5.91. The fraction of sp³-hybridized carbons (Fsp3) is 0.444. The van der Waals surface area contributed by atoms with Crippen LogP contribution in [0, 0.1) is 6.92 Å². The molecule has 1 aliphatic heterocycles. The molecule has 0 radical (unpaired) electrons. The Morgan fingerprint density at radius 1 is 1.40 bits per heavy atom. The van der Waals surface area contributed by atoms with Crippen molar-refractivity contribution in [2.24, 2.45) is 4.99 Å². The lowest BCUT2D eigenvalue weighted by Gasteiger charge is -2.35. The van der Waals surface area contributed by atoms with E-state index in [0.29, 0.717) is 13.2 Å². The van der Waals surface area contributed by atoms with Crippen LogP contribution in [0.2, 0.25) is 0 Å². The van der Waals surface area contributed by atoms with Crippen LogP contribution >= 0.6 is 24.0 Å². The Morgan fingerprint density at radius 2 is 2.24 bits per heavy atom. The molecule has 3 rings (SSSR count). The minimum Gasteiger partial charge on any atom is -0.370 e. The van der Waals surface area contributed by atoms with Crippen LogP contribution < -0.4 is 5.32 Å². The van der Waals surface area contributed by atoms with E-state index in [1.165, 1.54) is 11.1 Å². The van der Waals surface area contributed by atoms with E-state index in [0.717, 1.165) is 31.3 Å². The quantitative estimate of drug-likeness (QED) is 0.423. The second-order valence-electron chi connectivity index (χ2n) is 5.91. The number of guanidine groups is 1. The maximum absolute atomic E-state index is 6.01. The molecule has 1 atom stereocenters. The number of H-pyrrole nitrogens is 1. The second kappa shape index (κ2) is 9.76. The monoisotopic (exact) mass is 455 g/mol. The number of hydrogen-bond acceptors (Lipinski definition) is 3. The first-order valence-electron chi connectivity index (χ1n) is 8.46. The van der Waals surface area contributed by atoms with Gasteiger partial charge in [0.1, 0.15) is 6.10 Å². The van der Waals surface area contributed by atoms with Gasteiger partial charge in [-0.05, 0) is 31.0 Å². The van der Waals surface area contributed by atoms with Crippen molar-refractivity contribution in [1.29, 1.82) is 0 Å². The molecule has 0 bridgehead atoms. The molecular weight excluding hydrogens is 429 g/mol. The highest BCUT2D eigenvalue weighted by atomic mass is 127. The van der Waals surface area contributed by atoms with Crippen molar-refractivity contribution in [1.82, 2.24) is 20.4 Å². The Balaban J connectivity index is 0.00000225. The lowest BCUT2D eigenvalue weighted by atomic mass is 10.0. The van der Waals surface area contributed by atoms with Crippen LogP contribution in [-0.2, 0) is 11.3 Å². The summed E-state index contributed by atoms with van der Waals surface area (Å²) >= 11 is 0. The molecule has 25 heavy (non-hydrogen) atoms. The average Bonchev–Trinajstić information content (AvgIpc) is 3.13. The summed E-state index contributed by atoms with van der Waals surface area (Å²) in [5.41, 5.74) is 3.53. The number of nitrogens with one attached hydrogen (secondary N) is 2. The fourth-order valence-electron chi connectivity index (χ4n) is 2.94. The Kier molecular flexibility index (Phi) is 7.70. The SMILES string of the molecule is CCNC(=NCc1ccn[nH]1)N1CCOC(c2ccccc2C)C1.I. The summed E-state index contributed by atoms with van der Waals surface area (Å²) < 4.78 is 6.01. The molecule has 1 unspecified atom stereocenters. The smallest absolute Gasteiger partial charge is 0.194 e. The van der Waals surface area contributed by atoms with Gasteiger partial charge in [0.25, 0.3) is 0 Å². The third kappa shape index (κ3) is 5.18. The first kappa shape index (κ1) is 19.7. The summed E-state index contributed by atoms with van der Waals surface area (Å²) in [5, 5.41) is 10.3. The van der Waals surface area contributed by atoms with E-state index < -0.39 is 0 Å². The molecule has 6 nitrogen and oxygen atoms in total. The normalized spacial score (nSPS) is 17.9. The maximum atomic E-state index is 6.01. The Morgan fingerprint density at radius 3 is 2.96 bits per heavy atom. The van der Waals surface area contributed by atoms with Gasteiger partial charge in [0.2, 0.25) is 0 Å². The van der Waals surface area contributed by atoms with Crippen LogP contribution in [0.15, 0.2) is 41.5 Å². The molecule has 1 aliphatic rings. The van der Waals surface area contributed by atoms with Gasteiger partial charge in [0, 0.05) is 19.3 Å². The molecule has 1 aromatic heterocycles. The number of aromatic amines is 1. The number of benzene rings is 1. The summed E-state index contributed by atoms with van der Waals surface area (Å²) in [4.78, 5) is 7.01. The van der Waals surface area contributed by atoms with Crippen LogP contribution in [0.5, 0.6) is 0 Å². The van der Waals surface area contributed by atoms with Crippen molar-refractivity contribution in [2.45, 2.75) is 26.5 Å². The van der Waals surface area contributed by atoms with Crippen LogP contribution in [0.1, 0.15) is 29.8 Å². The zero-order valence-corrected chi connectivity index (χ0v) is 17.1. The number of rotatable bonds is 4. The highest BCUT2D eigenvalue weighted by Gasteiger charge is 2.25. The Labute approximate surface area is 166 Å². The number of aromatic nitrogens is 2. The average molecular weight is 455 g/mol. The molecule has 0 spiro atoms. The zero-order chi connectivity index (χ0) is 16.8. The number of halogens is 1. The number of hydrogen-bond donors (Lipinski definition) is 2. The van der Waals surface area contributed by atoms with Crippen LogP contribution in [0.25, 0.3) is 0 Å². The number of ether oxygens (including phenoxy) is 1. The lowest BCUT2D eigenvalue weighted by molar-refractivity contribution is -0.00834. The number of nitrogens with zero attached hydrogens (tertiary/aromatic N) is 3. The van der Waals surface area contributed by atoms with E-state index in [9.17, 15) is 0 Å². The van der Waals surface area contributed by atoms with Gasteiger partial charge in [-0.3, -0.25) is 5.10 Å². The van der Waals surface area contributed by atoms with Crippen molar-refractivity contribution in [3.8, 4) is 0 Å². The van der Waals surface area contributed by atoms with E-state index in [2.05, 4.69) is 58.5 Å². The lowest BCUT2D eigenvalue weighted by Crippen LogP contribution is -2.48. The number of morpholine rings is 1. The topological polar surface area (TPSA) is 65.5 Å². The van der Waals surface area contributed by atoms with Gasteiger partial charge in [0.15, 0.2) is 5.96 Å².